The fourth-order valence-electron chi connectivity index (χ4n) is 2.16. The van der Waals surface area contributed by atoms with E-state index in [4.69, 9.17) is 0 Å². The quantitative estimate of drug-likeness (QED) is 0.833. The van der Waals surface area contributed by atoms with E-state index in [1.807, 2.05) is 12.1 Å². The van der Waals surface area contributed by atoms with Crippen molar-refractivity contribution in [3.05, 3.63) is 24.5 Å². The summed E-state index contributed by atoms with van der Waals surface area (Å²) in [6.45, 7) is 2.28. The van der Waals surface area contributed by atoms with E-state index in [0.717, 1.165) is 17.3 Å². The molecule has 2 aromatic rings. The van der Waals surface area contributed by atoms with Crippen LogP contribution < -0.4 is 5.32 Å². The van der Waals surface area contributed by atoms with Crippen molar-refractivity contribution in [2.24, 2.45) is 5.92 Å². The number of fused-ring (bicyclic) bond motifs is 1. The highest BCUT2D eigenvalue weighted by Gasteiger charge is 2.25. The lowest BCUT2D eigenvalue weighted by Crippen LogP contribution is -2.34. The summed E-state index contributed by atoms with van der Waals surface area (Å²) in [6, 6.07) is 4.51. The van der Waals surface area contributed by atoms with Crippen molar-refractivity contribution in [1.29, 1.82) is 0 Å². The molecule has 0 unspecified atom stereocenters. The summed E-state index contributed by atoms with van der Waals surface area (Å²) in [7, 11) is 0. The van der Waals surface area contributed by atoms with Crippen LogP contribution in [0.5, 0.6) is 0 Å². The second-order valence-corrected chi connectivity index (χ2v) is 4.51. The van der Waals surface area contributed by atoms with Crippen molar-refractivity contribution in [1.82, 2.24) is 15.0 Å². The molecule has 0 radical (unpaired) electrons. The molecule has 1 fully saturated rings. The molecule has 0 amide bonds. The van der Waals surface area contributed by atoms with Gasteiger partial charge in [-0.3, -0.25) is 4.98 Å². The smallest absolute Gasteiger partial charge is 0.180 e. The maximum atomic E-state index is 4.44. The van der Waals surface area contributed by atoms with Crippen LogP contribution in [0.2, 0.25) is 0 Å². The Morgan fingerprint density at radius 2 is 2.00 bits per heavy atom. The van der Waals surface area contributed by atoms with Gasteiger partial charge < -0.3 is 5.32 Å². The molecule has 1 aliphatic rings. The lowest BCUT2D eigenvalue weighted by molar-refractivity contribution is 0.308. The Morgan fingerprint density at radius 1 is 1.19 bits per heavy atom. The number of anilines is 1. The number of pyridine rings is 1. The van der Waals surface area contributed by atoms with Crippen LogP contribution in [0.4, 0.5) is 5.82 Å². The maximum Gasteiger partial charge on any atom is 0.180 e. The molecular weight excluding hydrogens is 200 g/mol. The Kier molecular flexibility index (Phi) is 2.20. The number of hydrogen-bond donors (Lipinski definition) is 1. The number of nitrogens with zero attached hydrogens (tertiary/aromatic N) is 3. The van der Waals surface area contributed by atoms with Crippen LogP contribution in [0.3, 0.4) is 0 Å². The largest absolute Gasteiger partial charge is 0.367 e. The van der Waals surface area contributed by atoms with Crippen LogP contribution in [0.1, 0.15) is 19.8 Å². The molecule has 4 heteroatoms. The molecule has 2 heterocycles. The van der Waals surface area contributed by atoms with Crippen molar-refractivity contribution >= 4 is 17.0 Å². The predicted octanol–water partition coefficient (Wildman–Crippen LogP) is 2.24. The monoisotopic (exact) mass is 214 g/mol. The Bertz CT molecular complexity index is 505. The van der Waals surface area contributed by atoms with E-state index >= 15 is 0 Å². The number of rotatable bonds is 2. The van der Waals surface area contributed by atoms with Crippen LogP contribution in [0.25, 0.3) is 11.2 Å². The van der Waals surface area contributed by atoms with Crippen LogP contribution in [0, 0.1) is 5.92 Å². The lowest BCUT2D eigenvalue weighted by atomic mass is 9.82. The lowest BCUT2D eigenvalue weighted by Gasteiger charge is -2.33. The molecule has 0 bridgehead atoms. The first kappa shape index (κ1) is 9.51. The minimum absolute atomic E-state index is 0.580. The summed E-state index contributed by atoms with van der Waals surface area (Å²) in [6.07, 6.45) is 5.83. The Hall–Kier alpha value is -1.71. The highest BCUT2D eigenvalue weighted by atomic mass is 15.0. The first-order valence-corrected chi connectivity index (χ1v) is 5.65. The van der Waals surface area contributed by atoms with E-state index in [9.17, 15) is 0 Å². The van der Waals surface area contributed by atoms with Crippen LogP contribution >= 0.6 is 0 Å². The van der Waals surface area contributed by atoms with Crippen molar-refractivity contribution in [2.45, 2.75) is 25.8 Å². The van der Waals surface area contributed by atoms with Crippen LogP contribution in [0.15, 0.2) is 24.5 Å². The fraction of sp³-hybridized carbons (Fsp3) is 0.417. The molecule has 1 aliphatic carbocycles. The SMILES string of the molecule is CC1CC(Nc2ccc3nccnc3n2)C1. The van der Waals surface area contributed by atoms with E-state index in [-0.39, 0.29) is 0 Å². The van der Waals surface area contributed by atoms with Gasteiger partial charge >= 0.3 is 0 Å². The third kappa shape index (κ3) is 1.71. The van der Waals surface area contributed by atoms with E-state index in [0.29, 0.717) is 11.7 Å². The summed E-state index contributed by atoms with van der Waals surface area (Å²) in [5.41, 5.74) is 1.55. The normalized spacial score (nSPS) is 24.1. The summed E-state index contributed by atoms with van der Waals surface area (Å²) >= 11 is 0. The van der Waals surface area contributed by atoms with E-state index in [1.54, 1.807) is 12.4 Å². The summed E-state index contributed by atoms with van der Waals surface area (Å²) in [5, 5.41) is 3.42. The highest BCUT2D eigenvalue weighted by Crippen LogP contribution is 2.29. The fourth-order valence-corrected chi connectivity index (χ4v) is 2.16. The summed E-state index contributed by atoms with van der Waals surface area (Å²) in [4.78, 5) is 12.8. The van der Waals surface area contributed by atoms with Gasteiger partial charge in [-0.25, -0.2) is 9.97 Å². The Balaban J connectivity index is 1.82. The van der Waals surface area contributed by atoms with Gasteiger partial charge in [0.15, 0.2) is 5.65 Å². The summed E-state index contributed by atoms with van der Waals surface area (Å²) < 4.78 is 0. The molecule has 0 aliphatic heterocycles. The van der Waals surface area contributed by atoms with Gasteiger partial charge in [0.05, 0.1) is 0 Å². The van der Waals surface area contributed by atoms with E-state index in [1.165, 1.54) is 12.8 Å². The first-order chi connectivity index (χ1) is 7.81. The van der Waals surface area contributed by atoms with Crippen LogP contribution in [-0.4, -0.2) is 21.0 Å². The molecule has 16 heavy (non-hydrogen) atoms. The average molecular weight is 214 g/mol. The average Bonchev–Trinajstić information content (AvgIpc) is 2.27. The Morgan fingerprint density at radius 3 is 2.81 bits per heavy atom. The zero-order chi connectivity index (χ0) is 11.0. The molecule has 0 saturated heterocycles. The Labute approximate surface area is 94.1 Å². The van der Waals surface area contributed by atoms with Crippen molar-refractivity contribution in [2.75, 3.05) is 5.32 Å². The first-order valence-electron chi connectivity index (χ1n) is 5.65. The minimum atomic E-state index is 0.580. The topological polar surface area (TPSA) is 50.7 Å². The van der Waals surface area contributed by atoms with Gasteiger partial charge in [-0.2, -0.15) is 0 Å². The predicted molar refractivity (Wildman–Crippen MR) is 63.1 cm³/mol. The molecule has 0 atom stereocenters. The minimum Gasteiger partial charge on any atom is -0.367 e. The molecule has 3 rings (SSSR count). The molecule has 0 spiro atoms. The van der Waals surface area contributed by atoms with E-state index in [2.05, 4.69) is 27.2 Å². The second kappa shape index (κ2) is 3.70. The van der Waals surface area contributed by atoms with Crippen LogP contribution in [-0.2, 0) is 0 Å². The number of hydrogen-bond acceptors (Lipinski definition) is 4. The van der Waals surface area contributed by atoms with Crippen molar-refractivity contribution in [3.8, 4) is 0 Å². The number of nitrogens with one attached hydrogen (secondary N) is 1. The van der Waals surface area contributed by atoms with Gasteiger partial charge in [0.2, 0.25) is 0 Å². The molecule has 4 nitrogen and oxygen atoms in total. The highest BCUT2D eigenvalue weighted by molar-refractivity contribution is 5.71. The standard InChI is InChI=1S/C12H14N4/c1-8-6-9(7-8)15-11-3-2-10-12(16-11)14-5-4-13-10/h2-5,8-9H,6-7H2,1H3,(H,14,15,16). The maximum absolute atomic E-state index is 4.44. The second-order valence-electron chi connectivity index (χ2n) is 4.51. The van der Waals surface area contributed by atoms with Crippen molar-refractivity contribution in [3.63, 3.8) is 0 Å². The molecule has 1 saturated carbocycles. The van der Waals surface area contributed by atoms with Gasteiger partial charge in [-0.15, -0.1) is 0 Å². The third-order valence-corrected chi connectivity index (χ3v) is 3.06. The zero-order valence-electron chi connectivity index (χ0n) is 9.22. The molecule has 0 aromatic carbocycles. The third-order valence-electron chi connectivity index (χ3n) is 3.06. The molecule has 1 N–H and O–H groups in total. The van der Waals surface area contributed by atoms with Gasteiger partial charge in [0, 0.05) is 18.4 Å². The van der Waals surface area contributed by atoms with E-state index < -0.39 is 0 Å². The molecule has 2 aromatic heterocycles. The van der Waals surface area contributed by atoms with Gasteiger partial charge in [0.1, 0.15) is 11.3 Å². The van der Waals surface area contributed by atoms with Gasteiger partial charge in [-0.1, -0.05) is 6.92 Å². The molecular formula is C12H14N4. The van der Waals surface area contributed by atoms with Crippen molar-refractivity contribution < 1.29 is 0 Å². The molecule has 82 valence electrons. The number of aromatic nitrogens is 3. The van der Waals surface area contributed by atoms with Gasteiger partial charge in [0.25, 0.3) is 0 Å². The van der Waals surface area contributed by atoms with Gasteiger partial charge in [-0.05, 0) is 30.9 Å². The summed E-state index contributed by atoms with van der Waals surface area (Å²) in [5.74, 6) is 1.75. The zero-order valence-corrected chi connectivity index (χ0v) is 9.22.